The van der Waals surface area contributed by atoms with Crippen LogP contribution in [0.4, 0.5) is 4.79 Å². The Labute approximate surface area is 183 Å². The molecule has 0 radical (unpaired) electrons. The molecule has 0 heterocycles. The first-order valence-electron chi connectivity index (χ1n) is 11.6. The smallest absolute Gasteiger partial charge is 0.407 e. The first kappa shape index (κ1) is 28.2. The zero-order valence-corrected chi connectivity index (χ0v) is 19.9. The van der Waals surface area contributed by atoms with Gasteiger partial charge in [0, 0.05) is 0 Å². The molecule has 7 nitrogen and oxygen atoms in total. The monoisotopic (exact) mass is 428 g/mol. The number of carbonyl (C=O) groups excluding carboxylic acids is 3. The highest BCUT2D eigenvalue weighted by Crippen LogP contribution is 2.08. The van der Waals surface area contributed by atoms with Crippen LogP contribution in [-0.4, -0.2) is 43.3 Å². The maximum Gasteiger partial charge on any atom is 0.407 e. The standard InChI is InChI=1S/C23H44N2O5/c1-7-9-13-19(25-23(28)30-16-18(5)6)21(26)24-20(14-10-8-2)22(27)29-15-11-12-17(3)4/h17-20H,7-16H2,1-6H3,(H,24,26)(H,25,28). The Morgan fingerprint density at radius 2 is 1.33 bits per heavy atom. The van der Waals surface area contributed by atoms with E-state index >= 15 is 0 Å². The summed E-state index contributed by atoms with van der Waals surface area (Å²) < 4.78 is 10.5. The fourth-order valence-corrected chi connectivity index (χ4v) is 2.80. The molecule has 0 rings (SSSR count). The fourth-order valence-electron chi connectivity index (χ4n) is 2.80. The van der Waals surface area contributed by atoms with Gasteiger partial charge >= 0.3 is 12.1 Å². The van der Waals surface area contributed by atoms with Crippen molar-refractivity contribution in [2.75, 3.05) is 13.2 Å². The average Bonchev–Trinajstić information content (AvgIpc) is 2.69. The number of amides is 2. The topological polar surface area (TPSA) is 93.7 Å². The van der Waals surface area contributed by atoms with Gasteiger partial charge in [-0.2, -0.15) is 0 Å². The van der Waals surface area contributed by atoms with Crippen molar-refractivity contribution in [3.05, 3.63) is 0 Å². The molecule has 2 atom stereocenters. The molecule has 0 aromatic carbocycles. The normalized spacial score (nSPS) is 13.1. The Kier molecular flexibility index (Phi) is 15.9. The number of alkyl carbamates (subject to hydrolysis) is 1. The lowest BCUT2D eigenvalue weighted by atomic mass is 10.1. The van der Waals surface area contributed by atoms with E-state index in [0.717, 1.165) is 38.5 Å². The molecule has 0 aromatic heterocycles. The fraction of sp³-hybridized carbons (Fsp3) is 0.870. The van der Waals surface area contributed by atoms with Gasteiger partial charge in [0.15, 0.2) is 0 Å². The molecule has 2 N–H and O–H groups in total. The third kappa shape index (κ3) is 14.2. The minimum Gasteiger partial charge on any atom is -0.464 e. The van der Waals surface area contributed by atoms with Crippen LogP contribution in [0.2, 0.25) is 0 Å². The molecular weight excluding hydrogens is 384 g/mol. The number of hydrogen-bond donors (Lipinski definition) is 2. The van der Waals surface area contributed by atoms with Crippen molar-refractivity contribution < 1.29 is 23.9 Å². The molecule has 0 aliphatic heterocycles. The highest BCUT2D eigenvalue weighted by atomic mass is 16.5. The Balaban J connectivity index is 4.90. The van der Waals surface area contributed by atoms with Crippen molar-refractivity contribution in [3.63, 3.8) is 0 Å². The van der Waals surface area contributed by atoms with Crippen molar-refractivity contribution in [2.24, 2.45) is 11.8 Å². The highest BCUT2D eigenvalue weighted by Gasteiger charge is 2.27. The van der Waals surface area contributed by atoms with Gasteiger partial charge in [0.2, 0.25) is 5.91 Å². The van der Waals surface area contributed by atoms with E-state index in [1.54, 1.807) is 0 Å². The van der Waals surface area contributed by atoms with Crippen LogP contribution in [0.3, 0.4) is 0 Å². The van der Waals surface area contributed by atoms with Gasteiger partial charge < -0.3 is 20.1 Å². The van der Waals surface area contributed by atoms with Gasteiger partial charge in [-0.15, -0.1) is 0 Å². The van der Waals surface area contributed by atoms with Gasteiger partial charge in [0.05, 0.1) is 13.2 Å². The van der Waals surface area contributed by atoms with Gasteiger partial charge in [-0.25, -0.2) is 9.59 Å². The SMILES string of the molecule is CCCCC(NC(=O)OCC(C)C)C(=O)NC(CCCC)C(=O)OCCCC(C)C. The largest absolute Gasteiger partial charge is 0.464 e. The van der Waals surface area contributed by atoms with E-state index in [0.29, 0.717) is 25.4 Å². The second-order valence-electron chi connectivity index (χ2n) is 8.74. The molecule has 0 bridgehead atoms. The summed E-state index contributed by atoms with van der Waals surface area (Å²) in [5.74, 6) is -0.00920. The maximum absolute atomic E-state index is 12.8. The van der Waals surface area contributed by atoms with E-state index in [1.807, 2.05) is 27.7 Å². The van der Waals surface area contributed by atoms with Crippen LogP contribution in [0.25, 0.3) is 0 Å². The zero-order valence-electron chi connectivity index (χ0n) is 19.9. The van der Waals surface area contributed by atoms with Crippen LogP contribution in [0.5, 0.6) is 0 Å². The summed E-state index contributed by atoms with van der Waals surface area (Å²) in [5, 5.41) is 5.44. The summed E-state index contributed by atoms with van der Waals surface area (Å²) in [4.78, 5) is 37.4. The number of hydrogen-bond acceptors (Lipinski definition) is 5. The molecule has 0 spiro atoms. The zero-order chi connectivity index (χ0) is 22.9. The van der Waals surface area contributed by atoms with Gasteiger partial charge in [-0.05, 0) is 37.5 Å². The molecular formula is C23H44N2O5. The van der Waals surface area contributed by atoms with E-state index in [9.17, 15) is 14.4 Å². The third-order valence-electron chi connectivity index (χ3n) is 4.62. The van der Waals surface area contributed by atoms with Crippen LogP contribution < -0.4 is 10.6 Å². The van der Waals surface area contributed by atoms with Gasteiger partial charge in [-0.3, -0.25) is 4.79 Å². The van der Waals surface area contributed by atoms with Crippen molar-refractivity contribution >= 4 is 18.0 Å². The van der Waals surface area contributed by atoms with Crippen molar-refractivity contribution in [2.45, 2.75) is 105 Å². The van der Waals surface area contributed by atoms with E-state index in [4.69, 9.17) is 9.47 Å². The number of unbranched alkanes of at least 4 members (excludes halogenated alkanes) is 2. The molecule has 0 fully saturated rings. The lowest BCUT2D eigenvalue weighted by molar-refractivity contribution is -0.148. The Bertz CT molecular complexity index is 494. The molecule has 0 aromatic rings. The molecule has 2 unspecified atom stereocenters. The average molecular weight is 429 g/mol. The molecule has 0 saturated heterocycles. The summed E-state index contributed by atoms with van der Waals surface area (Å²) in [6, 6.07) is -1.43. The predicted molar refractivity (Wildman–Crippen MR) is 119 cm³/mol. The van der Waals surface area contributed by atoms with E-state index in [1.165, 1.54) is 0 Å². The van der Waals surface area contributed by atoms with E-state index in [-0.39, 0.29) is 18.4 Å². The van der Waals surface area contributed by atoms with E-state index in [2.05, 4.69) is 24.5 Å². The summed E-state index contributed by atoms with van der Waals surface area (Å²) >= 11 is 0. The lowest BCUT2D eigenvalue weighted by Crippen LogP contribution is -2.52. The van der Waals surface area contributed by atoms with E-state index < -0.39 is 24.1 Å². The Morgan fingerprint density at radius 1 is 0.733 bits per heavy atom. The molecule has 2 amide bonds. The maximum atomic E-state index is 12.8. The highest BCUT2D eigenvalue weighted by molar-refractivity contribution is 5.89. The summed E-state index contributed by atoms with van der Waals surface area (Å²) in [6.07, 6.45) is 5.57. The molecule has 176 valence electrons. The van der Waals surface area contributed by atoms with Gasteiger partial charge in [0.1, 0.15) is 12.1 Å². The minimum absolute atomic E-state index is 0.211. The molecule has 7 heteroatoms. The van der Waals surface area contributed by atoms with Crippen LogP contribution in [0, 0.1) is 11.8 Å². The van der Waals surface area contributed by atoms with Crippen LogP contribution in [0.15, 0.2) is 0 Å². The lowest BCUT2D eigenvalue weighted by Gasteiger charge is -2.22. The Morgan fingerprint density at radius 3 is 1.87 bits per heavy atom. The second-order valence-corrected chi connectivity index (χ2v) is 8.74. The molecule has 0 saturated carbocycles. The quantitative estimate of drug-likeness (QED) is 0.277. The van der Waals surface area contributed by atoms with Crippen LogP contribution in [-0.2, 0) is 19.1 Å². The first-order valence-corrected chi connectivity index (χ1v) is 11.6. The predicted octanol–water partition coefficient (Wildman–Crippen LogP) is 4.58. The minimum atomic E-state index is -0.734. The van der Waals surface area contributed by atoms with Crippen LogP contribution in [0.1, 0.15) is 92.9 Å². The van der Waals surface area contributed by atoms with Gasteiger partial charge in [0.25, 0.3) is 0 Å². The van der Waals surface area contributed by atoms with Crippen molar-refractivity contribution in [3.8, 4) is 0 Å². The van der Waals surface area contributed by atoms with Crippen molar-refractivity contribution in [1.29, 1.82) is 0 Å². The number of ether oxygens (including phenoxy) is 2. The second kappa shape index (κ2) is 16.9. The Hall–Kier alpha value is -1.79. The van der Waals surface area contributed by atoms with Crippen LogP contribution >= 0.6 is 0 Å². The number of esters is 1. The molecule has 0 aliphatic rings. The third-order valence-corrected chi connectivity index (χ3v) is 4.62. The number of nitrogens with one attached hydrogen (secondary N) is 2. The van der Waals surface area contributed by atoms with Crippen molar-refractivity contribution in [1.82, 2.24) is 10.6 Å². The molecule has 30 heavy (non-hydrogen) atoms. The van der Waals surface area contributed by atoms with Gasteiger partial charge in [-0.1, -0.05) is 67.2 Å². The first-order chi connectivity index (χ1) is 14.2. The molecule has 0 aliphatic carbocycles. The summed E-state index contributed by atoms with van der Waals surface area (Å²) in [6.45, 7) is 12.8. The summed E-state index contributed by atoms with van der Waals surface area (Å²) in [5.41, 5.74) is 0. The summed E-state index contributed by atoms with van der Waals surface area (Å²) in [7, 11) is 0. The number of carbonyl (C=O) groups is 3. The number of rotatable bonds is 16.